The monoisotopic (exact) mass is 495 g/mol. The third kappa shape index (κ3) is 6.27. The van der Waals surface area contributed by atoms with Gasteiger partial charge in [0.25, 0.3) is 5.91 Å². The maximum atomic E-state index is 12.6. The number of thioether (sulfide) groups is 1. The molecule has 1 fully saturated rings. The Balaban J connectivity index is 0.000000714. The molecule has 33 heavy (non-hydrogen) atoms. The van der Waals surface area contributed by atoms with Crippen molar-refractivity contribution in [1.82, 2.24) is 16.4 Å². The molecule has 2 aliphatic rings. The minimum absolute atomic E-state index is 0. The molecular formula is C19H21N5O7S2. The van der Waals surface area contributed by atoms with Crippen LogP contribution in [0.2, 0.25) is 0 Å². The van der Waals surface area contributed by atoms with Gasteiger partial charge in [-0.2, -0.15) is 0 Å². The first kappa shape index (κ1) is 25.8. The lowest BCUT2D eigenvalue weighted by Crippen LogP contribution is -2.70. The van der Waals surface area contributed by atoms with Crippen LogP contribution < -0.4 is 16.0 Å². The predicted octanol–water partition coefficient (Wildman–Crippen LogP) is 0.940. The molecule has 2 aromatic heterocycles. The van der Waals surface area contributed by atoms with E-state index in [1.54, 1.807) is 0 Å². The molecule has 0 aromatic carbocycles. The van der Waals surface area contributed by atoms with E-state index in [2.05, 4.69) is 5.32 Å². The van der Waals surface area contributed by atoms with Gasteiger partial charge in [-0.05, 0) is 11.4 Å². The van der Waals surface area contributed by atoms with Gasteiger partial charge in [-0.25, -0.2) is 9.36 Å². The number of pyridine rings is 1. The second-order valence-electron chi connectivity index (χ2n) is 6.74. The fraction of sp³-hybridized carbons (Fsp3) is 0.263. The predicted molar refractivity (Wildman–Crippen MR) is 120 cm³/mol. The number of carboxylic acids is 1. The lowest BCUT2D eigenvalue weighted by molar-refractivity contribution is -0.689. The first-order valence-corrected chi connectivity index (χ1v) is 11.2. The highest BCUT2D eigenvalue weighted by molar-refractivity contribution is 8.00. The summed E-state index contributed by atoms with van der Waals surface area (Å²) in [5, 5.41) is 28.7. The number of hydrogen-bond donors (Lipinski definition) is 3. The molecule has 1 saturated heterocycles. The van der Waals surface area contributed by atoms with Gasteiger partial charge < -0.3 is 31.9 Å². The van der Waals surface area contributed by atoms with Gasteiger partial charge in [0.05, 0.1) is 11.5 Å². The quantitative estimate of drug-likeness (QED) is 0.226. The second kappa shape index (κ2) is 11.4. The molecule has 5 N–H and O–H groups in total. The molecule has 0 spiro atoms. The Hall–Kier alpha value is -3.49. The van der Waals surface area contributed by atoms with Gasteiger partial charge >= 0.3 is 5.97 Å². The fourth-order valence-corrected chi connectivity index (χ4v) is 5.40. The first-order valence-electron chi connectivity index (χ1n) is 9.25. The molecular weight excluding hydrogens is 474 g/mol. The molecule has 2 amide bonds. The van der Waals surface area contributed by atoms with E-state index in [9.17, 15) is 19.5 Å². The molecule has 2 aliphatic heterocycles. The zero-order valence-electron chi connectivity index (χ0n) is 17.2. The lowest BCUT2D eigenvalue weighted by atomic mass is 10.0. The minimum Gasteiger partial charge on any atom is -0.477 e. The third-order valence-electron chi connectivity index (χ3n) is 4.63. The first-order chi connectivity index (χ1) is 15.3. The topological polar surface area (TPSA) is 192 Å². The van der Waals surface area contributed by atoms with E-state index in [0.717, 1.165) is 4.88 Å². The van der Waals surface area contributed by atoms with Gasteiger partial charge in [-0.1, -0.05) is 12.1 Å². The zero-order valence-corrected chi connectivity index (χ0v) is 18.8. The number of carbonyl (C=O) groups is 3. The maximum Gasteiger partial charge on any atom is 0.352 e. The molecule has 2 atom stereocenters. The summed E-state index contributed by atoms with van der Waals surface area (Å²) < 4.78 is 1.88. The number of carboxylic acid groups (broad SMARTS) is 1. The molecule has 2 aromatic rings. The third-order valence-corrected chi connectivity index (χ3v) is 6.85. The number of thiophene rings is 1. The smallest absolute Gasteiger partial charge is 0.352 e. The van der Waals surface area contributed by atoms with Crippen LogP contribution in [0, 0.1) is 15.3 Å². The Labute approximate surface area is 196 Å². The highest BCUT2D eigenvalue weighted by Gasteiger charge is 2.54. The van der Waals surface area contributed by atoms with E-state index in [1.165, 1.54) is 28.0 Å². The van der Waals surface area contributed by atoms with E-state index < -0.39 is 17.1 Å². The molecule has 14 heteroatoms. The molecule has 0 saturated carbocycles. The van der Waals surface area contributed by atoms with Crippen molar-refractivity contribution in [3.8, 4) is 0 Å². The van der Waals surface area contributed by atoms with E-state index >= 15 is 0 Å². The van der Waals surface area contributed by atoms with Crippen molar-refractivity contribution in [2.24, 2.45) is 0 Å². The van der Waals surface area contributed by atoms with E-state index in [1.807, 2.05) is 52.7 Å². The van der Waals surface area contributed by atoms with Crippen molar-refractivity contribution < 1.29 is 29.1 Å². The molecule has 176 valence electrons. The maximum absolute atomic E-state index is 12.6. The zero-order chi connectivity index (χ0) is 23.3. The number of aliphatic carboxylic acids is 1. The van der Waals surface area contributed by atoms with Gasteiger partial charge in [0.2, 0.25) is 5.91 Å². The average molecular weight is 496 g/mol. The van der Waals surface area contributed by atoms with E-state index in [4.69, 9.17) is 15.3 Å². The van der Waals surface area contributed by atoms with Crippen molar-refractivity contribution in [3.63, 3.8) is 0 Å². The van der Waals surface area contributed by atoms with Gasteiger partial charge in [-0.3, -0.25) is 14.5 Å². The fourth-order valence-electron chi connectivity index (χ4n) is 3.36. The normalized spacial score (nSPS) is 18.7. The SMILES string of the molecule is N.O=C(Cc1cccs1)N[C@@H]1C(=O)N2C(C(=O)O)=C(C[n+]3ccccc3)CS[C@H]12.O=[N+]([O-])[O-]. The van der Waals surface area contributed by atoms with Crippen LogP contribution in [0.1, 0.15) is 4.88 Å². The second-order valence-corrected chi connectivity index (χ2v) is 8.88. The van der Waals surface area contributed by atoms with Crippen LogP contribution in [-0.2, 0) is 27.3 Å². The molecule has 12 nitrogen and oxygen atoms in total. The van der Waals surface area contributed by atoms with Crippen molar-refractivity contribution >= 4 is 40.9 Å². The Bertz CT molecular complexity index is 1040. The number of nitrogens with one attached hydrogen (secondary N) is 1. The molecule has 0 radical (unpaired) electrons. The highest BCUT2D eigenvalue weighted by Crippen LogP contribution is 2.40. The van der Waals surface area contributed by atoms with Crippen molar-refractivity contribution in [2.75, 3.05) is 5.75 Å². The summed E-state index contributed by atoms with van der Waals surface area (Å²) in [7, 11) is 0. The van der Waals surface area contributed by atoms with E-state index in [0.29, 0.717) is 17.9 Å². The number of aromatic nitrogens is 1. The largest absolute Gasteiger partial charge is 0.477 e. The average Bonchev–Trinajstić information content (AvgIpc) is 3.25. The summed E-state index contributed by atoms with van der Waals surface area (Å²) in [5.41, 5.74) is 0.718. The summed E-state index contributed by atoms with van der Waals surface area (Å²) >= 11 is 2.97. The Kier molecular flexibility index (Phi) is 8.90. The Morgan fingerprint density at radius 1 is 1.24 bits per heavy atom. The summed E-state index contributed by atoms with van der Waals surface area (Å²) in [6.45, 7) is 0.404. The number of hydrogen-bond acceptors (Lipinski definition) is 9. The number of carbonyl (C=O) groups excluding carboxylic acids is 2. The van der Waals surface area contributed by atoms with Gasteiger partial charge in [-0.15, -0.1) is 23.1 Å². The van der Waals surface area contributed by atoms with Crippen LogP contribution in [0.5, 0.6) is 0 Å². The van der Waals surface area contributed by atoms with Crippen LogP contribution in [0.4, 0.5) is 0 Å². The number of amides is 2. The standard InChI is InChI=1S/C19H17N3O4S2.NO3.H3N/c23-14(9-13-5-4-8-27-13)20-15-17(24)22-16(19(25)26)12(11-28-18(15)22)10-21-6-2-1-3-7-21;2-1(3)4;/h1-8,15,18H,9-11H2,(H-,20,23,25,26);;1H3/q;-1;/p+1/t15-,18-;;/m1../s1. The number of rotatable bonds is 6. The summed E-state index contributed by atoms with van der Waals surface area (Å²) in [5.74, 6) is -1.22. The highest BCUT2D eigenvalue weighted by atomic mass is 32.2. The molecule has 0 unspecified atom stereocenters. The van der Waals surface area contributed by atoms with Gasteiger partial charge in [0.15, 0.2) is 18.9 Å². The summed E-state index contributed by atoms with van der Waals surface area (Å²) in [4.78, 5) is 47.2. The van der Waals surface area contributed by atoms with Crippen LogP contribution in [0.15, 0.2) is 59.4 Å². The minimum atomic E-state index is -1.75. The van der Waals surface area contributed by atoms with Crippen LogP contribution in [0.3, 0.4) is 0 Å². The number of fused-ring (bicyclic) bond motifs is 1. The molecule has 0 bridgehead atoms. The Morgan fingerprint density at radius 2 is 1.91 bits per heavy atom. The van der Waals surface area contributed by atoms with Crippen LogP contribution >= 0.6 is 23.1 Å². The number of nitrogens with zero attached hydrogens (tertiary/aromatic N) is 3. The summed E-state index contributed by atoms with van der Waals surface area (Å²) in [6, 6.07) is 8.68. The van der Waals surface area contributed by atoms with E-state index in [-0.39, 0.29) is 35.5 Å². The van der Waals surface area contributed by atoms with Crippen molar-refractivity contribution in [2.45, 2.75) is 24.4 Å². The van der Waals surface area contributed by atoms with Crippen molar-refractivity contribution in [1.29, 1.82) is 0 Å². The molecule has 4 heterocycles. The Morgan fingerprint density at radius 3 is 2.48 bits per heavy atom. The lowest BCUT2D eigenvalue weighted by Gasteiger charge is -2.49. The van der Waals surface area contributed by atoms with Crippen LogP contribution in [0.25, 0.3) is 0 Å². The summed E-state index contributed by atoms with van der Waals surface area (Å²) in [6.07, 6.45) is 3.93. The molecule has 0 aliphatic carbocycles. The van der Waals surface area contributed by atoms with Crippen molar-refractivity contribution in [3.05, 3.63) is 79.6 Å². The molecule has 4 rings (SSSR count). The van der Waals surface area contributed by atoms with Crippen LogP contribution in [-0.4, -0.2) is 50.0 Å². The van der Waals surface area contributed by atoms with Gasteiger partial charge in [0, 0.05) is 28.3 Å². The van der Waals surface area contributed by atoms with Gasteiger partial charge in [0.1, 0.15) is 17.1 Å². The number of β-lactam (4-membered cyclic amide) rings is 1.